The van der Waals surface area contributed by atoms with Gasteiger partial charge in [-0.3, -0.25) is 14.3 Å². The van der Waals surface area contributed by atoms with Crippen LogP contribution in [0.2, 0.25) is 5.02 Å². The van der Waals surface area contributed by atoms with E-state index in [1.54, 1.807) is 24.1 Å². The number of aryl methyl sites for hydroxylation is 1. The molecule has 2 aromatic heterocycles. The Morgan fingerprint density at radius 1 is 1.17 bits per heavy atom. The van der Waals surface area contributed by atoms with Gasteiger partial charge >= 0.3 is 5.69 Å². The van der Waals surface area contributed by atoms with Crippen molar-refractivity contribution < 1.29 is 23.1 Å². The smallest absolute Gasteiger partial charge is 0.354 e. The fourth-order valence-electron chi connectivity index (χ4n) is 6.59. The van der Waals surface area contributed by atoms with E-state index in [-0.39, 0.29) is 70.1 Å². The van der Waals surface area contributed by atoms with Crippen LogP contribution in [-0.4, -0.2) is 62.2 Å². The molecule has 6 rings (SSSR count). The van der Waals surface area contributed by atoms with Crippen molar-refractivity contribution in [2.75, 3.05) is 29.9 Å². The van der Waals surface area contributed by atoms with E-state index >= 15 is 8.78 Å². The Bertz CT molecular complexity index is 2000. The van der Waals surface area contributed by atoms with Crippen LogP contribution >= 0.6 is 11.6 Å². The van der Waals surface area contributed by atoms with Crippen molar-refractivity contribution in [2.45, 2.75) is 52.1 Å². The van der Waals surface area contributed by atoms with E-state index in [0.717, 1.165) is 16.7 Å². The molecule has 2 aliphatic rings. The molecular weight excluding hydrogens is 621 g/mol. The van der Waals surface area contributed by atoms with Gasteiger partial charge in [-0.25, -0.2) is 18.0 Å². The summed E-state index contributed by atoms with van der Waals surface area (Å²) >= 11 is 6.88. The van der Waals surface area contributed by atoms with Crippen molar-refractivity contribution >= 4 is 39.9 Å². The first-order valence-electron chi connectivity index (χ1n) is 14.9. The largest absolute Gasteiger partial charge is 0.507 e. The lowest BCUT2D eigenvalue weighted by molar-refractivity contribution is -0.128. The highest BCUT2D eigenvalue weighted by Crippen LogP contribution is 2.49. The zero-order chi connectivity index (χ0) is 33.2. The van der Waals surface area contributed by atoms with Gasteiger partial charge in [-0.05, 0) is 56.0 Å². The summed E-state index contributed by atoms with van der Waals surface area (Å²) in [6, 6.07) is 2.68. The lowest BCUT2D eigenvalue weighted by atomic mass is 9.96. The van der Waals surface area contributed by atoms with E-state index in [0.29, 0.717) is 24.2 Å². The molecule has 46 heavy (non-hydrogen) atoms. The number of nitrogens with one attached hydrogen (secondary N) is 1. The molecule has 2 atom stereocenters. The number of nitrogens with zero attached hydrogens (tertiary/aromatic N) is 5. The molecule has 2 aliphatic heterocycles. The number of pyridine rings is 1. The number of benzene rings is 2. The molecule has 1 saturated heterocycles. The van der Waals surface area contributed by atoms with Crippen molar-refractivity contribution in [3.8, 4) is 22.6 Å². The normalized spacial score (nSPS) is 17.8. The molecule has 2 N–H and O–H groups in total. The van der Waals surface area contributed by atoms with E-state index in [1.165, 1.54) is 6.08 Å². The van der Waals surface area contributed by atoms with Gasteiger partial charge in [-0.15, -0.1) is 0 Å². The first kappa shape index (κ1) is 31.4. The average molecular weight is 653 g/mol. The molecule has 9 nitrogen and oxygen atoms in total. The number of hydrogen-bond donors (Lipinski definition) is 2. The van der Waals surface area contributed by atoms with E-state index < -0.39 is 40.0 Å². The second kappa shape index (κ2) is 11.7. The van der Waals surface area contributed by atoms with Gasteiger partial charge in [0.15, 0.2) is 17.5 Å². The third-order valence-electron chi connectivity index (χ3n) is 8.79. The van der Waals surface area contributed by atoms with Gasteiger partial charge in [0.05, 0.1) is 33.0 Å². The molecule has 4 heterocycles. The van der Waals surface area contributed by atoms with E-state index in [9.17, 15) is 19.1 Å². The standard InChI is InChI=1S/C33H32ClF3N6O3/c1-6-21(45)41-14-18-10-12-39-29-24-31(27(37)23(25(29)34)22-20(44)8-7-19(35)26(22)36)43(30-16(4)9-11-38-28(30)15(2)3)33(46)40-32(24)42(18)13-17(41)5/h6-9,11,15,17-18,39,44H,1,10,12-14H2,2-5H3. The van der Waals surface area contributed by atoms with Crippen LogP contribution in [0.4, 0.5) is 24.7 Å². The van der Waals surface area contributed by atoms with Crippen molar-refractivity contribution in [1.82, 2.24) is 19.4 Å². The third-order valence-corrected chi connectivity index (χ3v) is 9.17. The summed E-state index contributed by atoms with van der Waals surface area (Å²) in [5.74, 6) is -5.02. The molecule has 1 amide bonds. The van der Waals surface area contributed by atoms with Crippen LogP contribution in [0.3, 0.4) is 0 Å². The van der Waals surface area contributed by atoms with Gasteiger partial charge in [-0.2, -0.15) is 4.98 Å². The van der Waals surface area contributed by atoms with Gasteiger partial charge in [0, 0.05) is 43.5 Å². The van der Waals surface area contributed by atoms with Gasteiger partial charge in [-0.1, -0.05) is 32.0 Å². The second-order valence-corrected chi connectivity index (χ2v) is 12.4. The number of piperazine rings is 1. The maximum atomic E-state index is 17.4. The lowest BCUT2D eigenvalue weighted by Crippen LogP contribution is -2.60. The number of amides is 1. The number of rotatable bonds is 4. The van der Waals surface area contributed by atoms with Gasteiger partial charge < -0.3 is 20.2 Å². The molecule has 0 bridgehead atoms. The van der Waals surface area contributed by atoms with Crippen LogP contribution < -0.4 is 15.9 Å². The topological polar surface area (TPSA) is 104 Å². The molecule has 240 valence electrons. The van der Waals surface area contributed by atoms with Crippen LogP contribution in [0.25, 0.3) is 27.7 Å². The van der Waals surface area contributed by atoms with Gasteiger partial charge in [0.1, 0.15) is 17.1 Å². The number of aromatic nitrogens is 3. The van der Waals surface area contributed by atoms with Crippen LogP contribution in [0.5, 0.6) is 5.75 Å². The third kappa shape index (κ3) is 4.77. The second-order valence-electron chi connectivity index (χ2n) is 12.0. The van der Waals surface area contributed by atoms with E-state index in [2.05, 4.69) is 21.9 Å². The van der Waals surface area contributed by atoms with Crippen molar-refractivity contribution in [3.63, 3.8) is 0 Å². The number of halogens is 4. The molecular formula is C33H32ClF3N6O3. The zero-order valence-electron chi connectivity index (χ0n) is 25.7. The maximum absolute atomic E-state index is 17.4. The molecule has 2 aromatic carbocycles. The molecule has 0 saturated carbocycles. The first-order valence-corrected chi connectivity index (χ1v) is 15.3. The Kier molecular flexibility index (Phi) is 7.95. The minimum atomic E-state index is -1.50. The number of phenolic OH excluding ortho intramolecular Hbond substituents is 1. The Morgan fingerprint density at radius 2 is 1.91 bits per heavy atom. The minimum Gasteiger partial charge on any atom is -0.507 e. The predicted octanol–water partition coefficient (Wildman–Crippen LogP) is 6.06. The highest BCUT2D eigenvalue weighted by Gasteiger charge is 2.39. The molecule has 13 heteroatoms. The number of carbonyl (C=O) groups excluding carboxylic acids is 1. The summed E-state index contributed by atoms with van der Waals surface area (Å²) in [4.78, 5) is 39.5. The van der Waals surface area contributed by atoms with Crippen LogP contribution in [0, 0.1) is 24.4 Å². The van der Waals surface area contributed by atoms with Crippen molar-refractivity contribution in [1.29, 1.82) is 0 Å². The first-order chi connectivity index (χ1) is 21.9. The summed E-state index contributed by atoms with van der Waals surface area (Å²) < 4.78 is 48.4. The molecule has 4 aromatic rings. The maximum Gasteiger partial charge on any atom is 0.354 e. The summed E-state index contributed by atoms with van der Waals surface area (Å²) in [7, 11) is 0. The number of hydrogen-bond acceptors (Lipinski definition) is 7. The highest BCUT2D eigenvalue weighted by atomic mass is 35.5. The Labute approximate surface area is 267 Å². The molecule has 0 radical (unpaired) electrons. The number of phenols is 1. The summed E-state index contributed by atoms with van der Waals surface area (Å²) in [5.41, 5.74) is -1.02. The average Bonchev–Trinajstić information content (AvgIpc) is 3.01. The van der Waals surface area contributed by atoms with Gasteiger partial charge in [0.2, 0.25) is 5.91 Å². The fourth-order valence-corrected chi connectivity index (χ4v) is 6.93. The van der Waals surface area contributed by atoms with Crippen molar-refractivity contribution in [3.05, 3.63) is 81.3 Å². The fraction of sp³-hybridized carbons (Fsp3) is 0.333. The Hall–Kier alpha value is -4.58. The van der Waals surface area contributed by atoms with Crippen LogP contribution in [0.15, 0.2) is 41.8 Å². The van der Waals surface area contributed by atoms with Gasteiger partial charge in [0.25, 0.3) is 0 Å². The number of anilines is 2. The van der Waals surface area contributed by atoms with E-state index in [4.69, 9.17) is 11.6 Å². The molecule has 0 aliphatic carbocycles. The minimum absolute atomic E-state index is 0.130. The zero-order valence-corrected chi connectivity index (χ0v) is 26.4. The number of aromatic hydroxyl groups is 1. The van der Waals surface area contributed by atoms with E-state index in [1.807, 2.05) is 25.7 Å². The highest BCUT2D eigenvalue weighted by molar-refractivity contribution is 6.38. The van der Waals surface area contributed by atoms with Crippen LogP contribution in [0.1, 0.15) is 44.4 Å². The van der Waals surface area contributed by atoms with Crippen LogP contribution in [-0.2, 0) is 4.79 Å². The Morgan fingerprint density at radius 3 is 2.61 bits per heavy atom. The predicted molar refractivity (Wildman–Crippen MR) is 172 cm³/mol. The summed E-state index contributed by atoms with van der Waals surface area (Å²) in [6.45, 7) is 11.8. The summed E-state index contributed by atoms with van der Waals surface area (Å²) in [5, 5.41) is 13.7. The summed E-state index contributed by atoms with van der Waals surface area (Å²) in [6.07, 6.45) is 3.30. The molecule has 2 unspecified atom stereocenters. The lowest BCUT2D eigenvalue weighted by Gasteiger charge is -2.47. The van der Waals surface area contributed by atoms with Crippen molar-refractivity contribution in [2.24, 2.45) is 0 Å². The number of carbonyl (C=O) groups is 1. The molecule has 0 spiro atoms. The quantitative estimate of drug-likeness (QED) is 0.258. The molecule has 1 fully saturated rings. The SMILES string of the molecule is C=CC(=O)N1CC2CCNc3c(Cl)c(-c4c(O)ccc(F)c4F)c(F)c4c3c(nc(=O)n4-c3c(C)ccnc3C(C)C)N2CC1C. The monoisotopic (exact) mass is 652 g/mol. The Balaban J connectivity index is 1.78. The number of fused-ring (bicyclic) bond motifs is 2.